The molecule has 1 atom stereocenters. The fourth-order valence-corrected chi connectivity index (χ4v) is 3.39. The first-order chi connectivity index (χ1) is 14.2. The van der Waals surface area contributed by atoms with Gasteiger partial charge in [0.25, 0.3) is 0 Å². The molecule has 1 aliphatic rings. The summed E-state index contributed by atoms with van der Waals surface area (Å²) in [5, 5.41) is 10.6. The Balaban J connectivity index is 1.54. The predicted molar refractivity (Wildman–Crippen MR) is 113 cm³/mol. The smallest absolute Gasteiger partial charge is 0.119 e. The Labute approximate surface area is 173 Å². The van der Waals surface area contributed by atoms with E-state index in [0.29, 0.717) is 6.54 Å². The van der Waals surface area contributed by atoms with Crippen LogP contribution in [-0.2, 0) is 11.3 Å². The van der Waals surface area contributed by atoms with Crippen LogP contribution in [0.25, 0.3) is 0 Å². The molecule has 0 saturated carbocycles. The Morgan fingerprint density at radius 1 is 1.03 bits per heavy atom. The van der Waals surface area contributed by atoms with Crippen molar-refractivity contribution >= 4 is 0 Å². The van der Waals surface area contributed by atoms with Gasteiger partial charge in [-0.2, -0.15) is 0 Å². The minimum absolute atomic E-state index is 0.278. The van der Waals surface area contributed by atoms with Crippen LogP contribution in [0.1, 0.15) is 5.56 Å². The van der Waals surface area contributed by atoms with Crippen molar-refractivity contribution in [1.82, 2.24) is 9.80 Å². The number of para-hydroxylation sites is 1. The normalized spacial score (nSPS) is 16.0. The van der Waals surface area contributed by atoms with E-state index in [0.717, 1.165) is 57.4 Å². The van der Waals surface area contributed by atoms with Crippen LogP contribution in [0, 0.1) is 0 Å². The second-order valence-electron chi connectivity index (χ2n) is 7.32. The Kier molecular flexibility index (Phi) is 8.77. The van der Waals surface area contributed by atoms with Gasteiger partial charge in [0.15, 0.2) is 0 Å². The number of aliphatic hydroxyl groups is 1. The maximum Gasteiger partial charge on any atom is 0.119 e. The molecule has 0 amide bonds. The molecular weight excluding hydrogens is 368 g/mol. The fourth-order valence-electron chi connectivity index (χ4n) is 3.39. The number of nitrogens with zero attached hydrogens (tertiary/aromatic N) is 2. The lowest BCUT2D eigenvalue weighted by atomic mass is 10.2. The molecule has 0 aromatic heterocycles. The summed E-state index contributed by atoms with van der Waals surface area (Å²) in [5.74, 6) is 1.63. The SMILES string of the molecule is COc1ccc(CN(CCN2CCOCC2)C[C@@H](O)COc2ccccc2)cc1. The summed E-state index contributed by atoms with van der Waals surface area (Å²) < 4.78 is 16.4. The van der Waals surface area contributed by atoms with Crippen molar-refractivity contribution < 1.29 is 19.3 Å². The highest BCUT2D eigenvalue weighted by molar-refractivity contribution is 5.27. The van der Waals surface area contributed by atoms with Gasteiger partial charge in [0, 0.05) is 39.3 Å². The molecule has 6 nitrogen and oxygen atoms in total. The highest BCUT2D eigenvalue weighted by atomic mass is 16.5. The molecule has 2 aromatic carbocycles. The molecule has 1 aliphatic heterocycles. The van der Waals surface area contributed by atoms with E-state index in [1.807, 2.05) is 42.5 Å². The molecule has 1 heterocycles. The van der Waals surface area contributed by atoms with Gasteiger partial charge >= 0.3 is 0 Å². The van der Waals surface area contributed by atoms with E-state index < -0.39 is 6.10 Å². The van der Waals surface area contributed by atoms with Gasteiger partial charge in [-0.25, -0.2) is 0 Å². The zero-order chi connectivity index (χ0) is 20.3. The van der Waals surface area contributed by atoms with Gasteiger partial charge in [-0.05, 0) is 29.8 Å². The van der Waals surface area contributed by atoms with Crippen molar-refractivity contribution in [2.45, 2.75) is 12.6 Å². The third-order valence-electron chi connectivity index (χ3n) is 5.06. The molecule has 0 bridgehead atoms. The summed E-state index contributed by atoms with van der Waals surface area (Å²) in [5.41, 5.74) is 1.20. The van der Waals surface area contributed by atoms with Gasteiger partial charge in [0.1, 0.15) is 24.2 Å². The molecule has 0 unspecified atom stereocenters. The summed E-state index contributed by atoms with van der Waals surface area (Å²) >= 11 is 0. The summed E-state index contributed by atoms with van der Waals surface area (Å²) in [7, 11) is 1.67. The maximum atomic E-state index is 10.6. The molecule has 158 valence electrons. The molecule has 1 saturated heterocycles. The molecule has 29 heavy (non-hydrogen) atoms. The number of methoxy groups -OCH3 is 1. The van der Waals surface area contributed by atoms with E-state index in [9.17, 15) is 5.11 Å². The third kappa shape index (κ3) is 7.66. The Morgan fingerprint density at radius 3 is 2.45 bits per heavy atom. The number of morpholine rings is 1. The van der Waals surface area contributed by atoms with Gasteiger partial charge in [0.05, 0.1) is 20.3 Å². The fraction of sp³-hybridized carbons (Fsp3) is 0.478. The van der Waals surface area contributed by atoms with Crippen LogP contribution in [0.5, 0.6) is 11.5 Å². The van der Waals surface area contributed by atoms with E-state index in [2.05, 4.69) is 21.9 Å². The van der Waals surface area contributed by atoms with E-state index in [4.69, 9.17) is 14.2 Å². The molecule has 6 heteroatoms. The van der Waals surface area contributed by atoms with Crippen molar-refractivity contribution in [3.63, 3.8) is 0 Å². The van der Waals surface area contributed by atoms with Gasteiger partial charge in [0.2, 0.25) is 0 Å². The molecule has 1 fully saturated rings. The average Bonchev–Trinajstić information content (AvgIpc) is 2.78. The van der Waals surface area contributed by atoms with E-state index in [1.54, 1.807) is 7.11 Å². The monoisotopic (exact) mass is 400 g/mol. The largest absolute Gasteiger partial charge is 0.497 e. The third-order valence-corrected chi connectivity index (χ3v) is 5.06. The van der Waals surface area contributed by atoms with Crippen LogP contribution < -0.4 is 9.47 Å². The van der Waals surface area contributed by atoms with Gasteiger partial charge in [-0.15, -0.1) is 0 Å². The van der Waals surface area contributed by atoms with Crippen molar-refractivity contribution in [3.05, 3.63) is 60.2 Å². The number of hydrogen-bond acceptors (Lipinski definition) is 6. The van der Waals surface area contributed by atoms with Crippen LogP contribution in [0.4, 0.5) is 0 Å². The summed E-state index contributed by atoms with van der Waals surface area (Å²) in [6.07, 6.45) is -0.557. The minimum Gasteiger partial charge on any atom is -0.497 e. The Hall–Kier alpha value is -2.12. The van der Waals surface area contributed by atoms with Crippen LogP contribution in [-0.4, -0.2) is 80.7 Å². The molecule has 2 aromatic rings. The van der Waals surface area contributed by atoms with E-state index in [-0.39, 0.29) is 6.61 Å². The minimum atomic E-state index is -0.557. The molecule has 3 rings (SSSR count). The lowest BCUT2D eigenvalue weighted by Crippen LogP contribution is -2.43. The van der Waals surface area contributed by atoms with E-state index >= 15 is 0 Å². The van der Waals surface area contributed by atoms with Crippen LogP contribution in [0.3, 0.4) is 0 Å². The zero-order valence-corrected chi connectivity index (χ0v) is 17.2. The van der Waals surface area contributed by atoms with E-state index in [1.165, 1.54) is 5.56 Å². The first-order valence-corrected chi connectivity index (χ1v) is 10.2. The van der Waals surface area contributed by atoms with Crippen molar-refractivity contribution in [2.24, 2.45) is 0 Å². The summed E-state index contributed by atoms with van der Waals surface area (Å²) in [6.45, 7) is 6.99. The topological polar surface area (TPSA) is 54.4 Å². The summed E-state index contributed by atoms with van der Waals surface area (Å²) in [6, 6.07) is 17.7. The zero-order valence-electron chi connectivity index (χ0n) is 17.2. The van der Waals surface area contributed by atoms with Crippen LogP contribution in [0.15, 0.2) is 54.6 Å². The highest BCUT2D eigenvalue weighted by Gasteiger charge is 2.16. The second-order valence-corrected chi connectivity index (χ2v) is 7.32. The number of aliphatic hydroxyl groups excluding tert-OH is 1. The van der Waals surface area contributed by atoms with Crippen LogP contribution in [0.2, 0.25) is 0 Å². The van der Waals surface area contributed by atoms with Crippen molar-refractivity contribution in [3.8, 4) is 11.5 Å². The standard InChI is InChI=1S/C23H32N2O4/c1-27-22-9-7-20(8-10-22)17-25(12-11-24-13-15-28-16-14-24)18-21(26)19-29-23-5-3-2-4-6-23/h2-10,21,26H,11-19H2,1H3/t21-/m1/s1. The highest BCUT2D eigenvalue weighted by Crippen LogP contribution is 2.14. The lowest BCUT2D eigenvalue weighted by Gasteiger charge is -2.31. The molecule has 0 aliphatic carbocycles. The summed E-state index contributed by atoms with van der Waals surface area (Å²) in [4.78, 5) is 4.70. The lowest BCUT2D eigenvalue weighted by molar-refractivity contribution is 0.0256. The molecule has 0 spiro atoms. The Morgan fingerprint density at radius 2 is 1.76 bits per heavy atom. The van der Waals surface area contributed by atoms with Crippen molar-refractivity contribution in [2.75, 3.05) is 59.7 Å². The first kappa shape index (κ1) is 21.6. The quantitative estimate of drug-likeness (QED) is 0.625. The first-order valence-electron chi connectivity index (χ1n) is 10.2. The average molecular weight is 401 g/mol. The molecule has 1 N–H and O–H groups in total. The van der Waals surface area contributed by atoms with Gasteiger partial charge in [-0.3, -0.25) is 9.80 Å². The molecule has 0 radical (unpaired) electrons. The Bertz CT molecular complexity index is 690. The number of benzene rings is 2. The number of rotatable bonds is 11. The second kappa shape index (κ2) is 11.8. The predicted octanol–water partition coefficient (Wildman–Crippen LogP) is 2.27. The molecular formula is C23H32N2O4. The van der Waals surface area contributed by atoms with Gasteiger partial charge in [-0.1, -0.05) is 30.3 Å². The van der Waals surface area contributed by atoms with Crippen LogP contribution >= 0.6 is 0 Å². The maximum absolute atomic E-state index is 10.6. The van der Waals surface area contributed by atoms with Gasteiger partial charge < -0.3 is 19.3 Å². The number of ether oxygens (including phenoxy) is 3. The van der Waals surface area contributed by atoms with Crippen molar-refractivity contribution in [1.29, 1.82) is 0 Å². The number of hydrogen-bond donors (Lipinski definition) is 1.